The van der Waals surface area contributed by atoms with Crippen molar-refractivity contribution in [2.45, 2.75) is 31.4 Å². The Morgan fingerprint density at radius 2 is 1.93 bits per heavy atom. The van der Waals surface area contributed by atoms with E-state index in [0.29, 0.717) is 42.8 Å². The lowest BCUT2D eigenvalue weighted by atomic mass is 10.1. The summed E-state index contributed by atoms with van der Waals surface area (Å²) in [5.41, 5.74) is 1.81. The Morgan fingerprint density at radius 1 is 1.11 bits per heavy atom. The van der Waals surface area contributed by atoms with Gasteiger partial charge in [0.25, 0.3) is 11.8 Å². The van der Waals surface area contributed by atoms with E-state index < -0.39 is 18.1 Å². The first-order valence-corrected chi connectivity index (χ1v) is 9.22. The molecule has 2 amide bonds. The molecular formula is C21H20N2O5. The number of ether oxygens (including phenoxy) is 1. The van der Waals surface area contributed by atoms with Crippen LogP contribution >= 0.6 is 0 Å². The van der Waals surface area contributed by atoms with Gasteiger partial charge in [-0.3, -0.25) is 9.59 Å². The number of amides is 2. The fourth-order valence-electron chi connectivity index (χ4n) is 3.71. The summed E-state index contributed by atoms with van der Waals surface area (Å²) < 4.78 is 5.69. The Bertz CT molecular complexity index is 917. The summed E-state index contributed by atoms with van der Waals surface area (Å²) in [4.78, 5) is 38.0. The monoisotopic (exact) mass is 380 g/mol. The van der Waals surface area contributed by atoms with Crippen LogP contribution in [0.1, 0.15) is 28.8 Å². The van der Waals surface area contributed by atoms with Crippen LogP contribution in [0, 0.1) is 0 Å². The number of benzene rings is 2. The molecule has 0 spiro atoms. The largest absolute Gasteiger partial charge is 0.480 e. The van der Waals surface area contributed by atoms with Gasteiger partial charge in [0.15, 0.2) is 6.10 Å². The molecule has 2 aromatic carbocycles. The van der Waals surface area contributed by atoms with Gasteiger partial charge in [-0.1, -0.05) is 24.3 Å². The molecule has 0 radical (unpaired) electrons. The number of para-hydroxylation sites is 1. The van der Waals surface area contributed by atoms with Crippen LogP contribution in [0.3, 0.4) is 0 Å². The fourth-order valence-corrected chi connectivity index (χ4v) is 3.71. The first-order chi connectivity index (χ1) is 13.5. The quantitative estimate of drug-likeness (QED) is 0.849. The van der Waals surface area contributed by atoms with Crippen molar-refractivity contribution >= 4 is 23.5 Å². The number of hydrogen-bond acceptors (Lipinski definition) is 4. The maximum atomic E-state index is 12.7. The number of likely N-dealkylation sites (tertiary alicyclic amines) is 1. The van der Waals surface area contributed by atoms with Crippen molar-refractivity contribution in [1.82, 2.24) is 4.90 Å². The van der Waals surface area contributed by atoms with E-state index in [0.717, 1.165) is 5.56 Å². The maximum absolute atomic E-state index is 12.7. The summed E-state index contributed by atoms with van der Waals surface area (Å²) >= 11 is 0. The van der Waals surface area contributed by atoms with Crippen LogP contribution in [0.5, 0.6) is 5.75 Å². The first kappa shape index (κ1) is 18.0. The molecule has 1 saturated heterocycles. The van der Waals surface area contributed by atoms with Gasteiger partial charge in [-0.15, -0.1) is 0 Å². The van der Waals surface area contributed by atoms with Gasteiger partial charge < -0.3 is 20.1 Å². The second-order valence-electron chi connectivity index (χ2n) is 6.98. The number of carboxylic acid groups (broad SMARTS) is 1. The predicted octanol–water partition coefficient (Wildman–Crippen LogP) is 2.32. The molecule has 0 aromatic heterocycles. The molecule has 7 nitrogen and oxygen atoms in total. The molecule has 0 aliphatic carbocycles. The number of carboxylic acids is 1. The number of hydrogen-bond donors (Lipinski definition) is 2. The van der Waals surface area contributed by atoms with E-state index in [1.807, 2.05) is 24.3 Å². The Labute approximate surface area is 161 Å². The van der Waals surface area contributed by atoms with Gasteiger partial charge in [-0.2, -0.15) is 0 Å². The lowest BCUT2D eigenvalue weighted by Gasteiger charge is -2.21. The van der Waals surface area contributed by atoms with Crippen molar-refractivity contribution in [2.75, 3.05) is 11.9 Å². The molecule has 0 saturated carbocycles. The van der Waals surface area contributed by atoms with Crippen molar-refractivity contribution < 1.29 is 24.2 Å². The number of aliphatic carboxylic acids is 1. The summed E-state index contributed by atoms with van der Waals surface area (Å²) in [5.74, 6) is -0.913. The summed E-state index contributed by atoms with van der Waals surface area (Å²) in [6.07, 6.45) is 0.997. The van der Waals surface area contributed by atoms with Gasteiger partial charge >= 0.3 is 5.97 Å². The Kier molecular flexibility index (Phi) is 4.73. The minimum Gasteiger partial charge on any atom is -0.480 e. The number of nitrogens with one attached hydrogen (secondary N) is 1. The SMILES string of the molecule is O=C(Nc1cccc(C(=O)N2CCC[C@@H]2C(=O)O)c1)C1Cc2ccccc2O1. The Hall–Kier alpha value is -3.35. The molecule has 2 heterocycles. The third-order valence-electron chi connectivity index (χ3n) is 5.12. The molecule has 2 aliphatic heterocycles. The Morgan fingerprint density at radius 3 is 2.71 bits per heavy atom. The van der Waals surface area contributed by atoms with Crippen LogP contribution in [0.4, 0.5) is 5.69 Å². The highest BCUT2D eigenvalue weighted by Crippen LogP contribution is 2.29. The highest BCUT2D eigenvalue weighted by molar-refractivity contribution is 6.00. The first-order valence-electron chi connectivity index (χ1n) is 9.22. The summed E-state index contributed by atoms with van der Waals surface area (Å²) in [6, 6.07) is 13.3. The lowest BCUT2D eigenvalue weighted by Crippen LogP contribution is -2.40. The van der Waals surface area contributed by atoms with Gasteiger partial charge in [0.05, 0.1) is 0 Å². The number of fused-ring (bicyclic) bond motifs is 1. The molecule has 28 heavy (non-hydrogen) atoms. The van der Waals surface area contributed by atoms with Crippen LogP contribution in [0.15, 0.2) is 48.5 Å². The third-order valence-corrected chi connectivity index (χ3v) is 5.12. The second-order valence-corrected chi connectivity index (χ2v) is 6.98. The molecule has 0 bridgehead atoms. The molecule has 144 valence electrons. The van der Waals surface area contributed by atoms with Gasteiger partial charge in [-0.05, 0) is 42.7 Å². The Balaban J connectivity index is 1.45. The molecule has 2 atom stereocenters. The summed E-state index contributed by atoms with van der Waals surface area (Å²) in [7, 11) is 0. The van der Waals surface area contributed by atoms with Gasteiger partial charge in [0.1, 0.15) is 11.8 Å². The van der Waals surface area contributed by atoms with Crippen molar-refractivity contribution in [1.29, 1.82) is 0 Å². The van der Waals surface area contributed by atoms with E-state index in [4.69, 9.17) is 4.74 Å². The number of nitrogens with zero attached hydrogens (tertiary/aromatic N) is 1. The lowest BCUT2D eigenvalue weighted by molar-refractivity contribution is -0.141. The standard InChI is InChI=1S/C21H20N2O5/c24-19(18-12-13-5-1-2-9-17(13)28-18)22-15-7-3-6-14(11-15)20(25)23-10-4-8-16(23)21(26)27/h1-3,5-7,9,11,16,18H,4,8,10,12H2,(H,22,24)(H,26,27)/t16-,18?/m1/s1. The second kappa shape index (κ2) is 7.34. The third kappa shape index (κ3) is 3.43. The van der Waals surface area contributed by atoms with Crippen LogP contribution in [0.2, 0.25) is 0 Å². The smallest absolute Gasteiger partial charge is 0.326 e. The van der Waals surface area contributed by atoms with Crippen LogP contribution in [0.25, 0.3) is 0 Å². The van der Waals surface area contributed by atoms with E-state index in [1.165, 1.54) is 4.90 Å². The zero-order chi connectivity index (χ0) is 19.7. The topological polar surface area (TPSA) is 95.9 Å². The van der Waals surface area contributed by atoms with Crippen molar-refractivity contribution in [3.63, 3.8) is 0 Å². The van der Waals surface area contributed by atoms with Crippen molar-refractivity contribution in [3.8, 4) is 5.75 Å². The van der Waals surface area contributed by atoms with Gasteiger partial charge in [0, 0.05) is 24.2 Å². The average Bonchev–Trinajstić information content (AvgIpc) is 3.34. The molecule has 4 rings (SSSR count). The normalized spacial score (nSPS) is 20.4. The van der Waals surface area contributed by atoms with Crippen molar-refractivity contribution in [2.24, 2.45) is 0 Å². The van der Waals surface area contributed by atoms with Gasteiger partial charge in [-0.25, -0.2) is 4.79 Å². The number of carbonyl (C=O) groups is 3. The number of carbonyl (C=O) groups excluding carboxylic acids is 2. The zero-order valence-electron chi connectivity index (χ0n) is 15.1. The van der Waals surface area contributed by atoms with Crippen LogP contribution in [-0.4, -0.2) is 46.5 Å². The highest BCUT2D eigenvalue weighted by atomic mass is 16.5. The molecule has 1 fully saturated rings. The molecule has 2 aromatic rings. The molecular weight excluding hydrogens is 360 g/mol. The molecule has 1 unspecified atom stereocenters. The number of rotatable bonds is 4. The minimum atomic E-state index is -0.992. The zero-order valence-corrected chi connectivity index (χ0v) is 15.1. The maximum Gasteiger partial charge on any atom is 0.326 e. The van der Waals surface area contributed by atoms with Gasteiger partial charge in [0.2, 0.25) is 0 Å². The molecule has 2 N–H and O–H groups in total. The van der Waals surface area contributed by atoms with E-state index in [2.05, 4.69) is 5.32 Å². The predicted molar refractivity (Wildman–Crippen MR) is 101 cm³/mol. The van der Waals surface area contributed by atoms with Crippen LogP contribution in [-0.2, 0) is 16.0 Å². The minimum absolute atomic E-state index is 0.287. The summed E-state index contributed by atoms with van der Waals surface area (Å²) in [6.45, 7) is 0.417. The van der Waals surface area contributed by atoms with E-state index in [-0.39, 0.29) is 11.8 Å². The summed E-state index contributed by atoms with van der Waals surface area (Å²) in [5, 5.41) is 12.1. The number of anilines is 1. The van der Waals surface area contributed by atoms with E-state index in [1.54, 1.807) is 24.3 Å². The van der Waals surface area contributed by atoms with E-state index >= 15 is 0 Å². The van der Waals surface area contributed by atoms with E-state index in [9.17, 15) is 19.5 Å². The van der Waals surface area contributed by atoms with Crippen LogP contribution < -0.4 is 10.1 Å². The van der Waals surface area contributed by atoms with Crippen molar-refractivity contribution in [3.05, 3.63) is 59.7 Å². The average molecular weight is 380 g/mol. The fraction of sp³-hybridized carbons (Fsp3) is 0.286. The molecule has 2 aliphatic rings. The molecule has 7 heteroatoms. The highest BCUT2D eigenvalue weighted by Gasteiger charge is 2.34.